The summed E-state index contributed by atoms with van der Waals surface area (Å²) < 4.78 is 50.4. The number of nitrogens with two attached hydrogens (primary N) is 1. The summed E-state index contributed by atoms with van der Waals surface area (Å²) in [6.07, 6.45) is 1.84. The average molecular weight is 1040 g/mol. The molecule has 0 saturated heterocycles. The number of aromatic nitrogens is 6. The van der Waals surface area contributed by atoms with Gasteiger partial charge in [0.05, 0.1) is 107 Å². The number of fused-ring (bicyclic) bond motifs is 3. The molecule has 0 fully saturated rings. The molecule has 3 N–H and O–H groups in total. The van der Waals surface area contributed by atoms with Crippen LogP contribution in [0, 0.1) is 0 Å². The van der Waals surface area contributed by atoms with E-state index in [1.807, 2.05) is 72.8 Å². The van der Waals surface area contributed by atoms with Gasteiger partial charge in [0, 0.05) is 36.4 Å². The van der Waals surface area contributed by atoms with Crippen molar-refractivity contribution < 1.29 is 42.9 Å². The summed E-state index contributed by atoms with van der Waals surface area (Å²) in [7, 11) is 6.31. The van der Waals surface area contributed by atoms with Crippen molar-refractivity contribution in [3.8, 4) is 23.0 Å². The van der Waals surface area contributed by atoms with Gasteiger partial charge in [-0.15, -0.1) is 11.6 Å². The van der Waals surface area contributed by atoms with Crippen molar-refractivity contribution >= 4 is 109 Å². The monoisotopic (exact) mass is 1040 g/mol. The molecule has 5 aromatic carbocycles. The first-order chi connectivity index (χ1) is 34.5. The lowest BCUT2D eigenvalue weighted by Gasteiger charge is -2.11. The lowest BCUT2D eigenvalue weighted by atomic mass is 10.1. The summed E-state index contributed by atoms with van der Waals surface area (Å²) in [5, 5.41) is 6.05. The fraction of sp³-hybridized carbons (Fsp3) is 0.271. The molecule has 1 aliphatic rings. The second kappa shape index (κ2) is 26.7. The van der Waals surface area contributed by atoms with Gasteiger partial charge in [0.2, 0.25) is 11.8 Å². The van der Waals surface area contributed by atoms with Gasteiger partial charge in [-0.25, -0.2) is 10.9 Å². The van der Waals surface area contributed by atoms with Gasteiger partial charge in [-0.3, -0.25) is 24.6 Å². The van der Waals surface area contributed by atoms with Crippen molar-refractivity contribution in [3.05, 3.63) is 119 Å². The Bertz CT molecular complexity index is 3130. The number of esters is 1. The molecule has 0 atom stereocenters. The van der Waals surface area contributed by atoms with Gasteiger partial charge < -0.3 is 23.7 Å². The standard InChI is InChI=1S/C19H18N4O3S.C11H13ClO3.C10H10N2O2S.C8H8N4OS/c1-25-13-4-5-14(18(11-13)26-2)15-7-8-23(20-15)19(24)10-12-3-6-16-17(9-12)22-27-21-16;1-14-8-3-4-9(10(13)5-6-12)11(7-8)15-2;1-2-14-10(13)6-7-3-4-8-9(5-7)12-15-11-8;9-10-8(13)4-5-1-2-6-7(3-5)12-14-11-6/h3-6,9,11H,7-8,10H2,1-2H3;3-4,7H,5-6H2,1-2H3;3-5H,2,6H2,1H3;1-3H,4,9H2,(H,10,13). The number of hydrazine groups is 1. The SMILES string of the molecule is CCOC(=O)Cc1ccc2nsnc2c1.COc1ccc(C(=O)CCCl)c(OC)c1.COc1ccc(C2=NN(C(=O)Cc3ccc4nsnc4c3)CC2)c(OC)c1.NNC(=O)Cc1ccc2nsnc2c1. The lowest BCUT2D eigenvalue weighted by molar-refractivity contribution is -0.142. The van der Waals surface area contributed by atoms with Crippen LogP contribution in [-0.4, -0.2) is 108 Å². The van der Waals surface area contributed by atoms with Gasteiger partial charge in [0.25, 0.3) is 0 Å². The third kappa shape index (κ3) is 14.9. The normalized spacial score (nSPS) is 11.5. The van der Waals surface area contributed by atoms with E-state index in [9.17, 15) is 19.2 Å². The summed E-state index contributed by atoms with van der Waals surface area (Å²) >= 11 is 9.02. The first-order valence-corrected chi connectivity index (χ1v) is 24.4. The summed E-state index contributed by atoms with van der Waals surface area (Å²) in [5.74, 6) is 7.39. The molecule has 0 unspecified atom stereocenters. The molecule has 0 aliphatic carbocycles. The smallest absolute Gasteiger partial charge is 0.310 e. The van der Waals surface area contributed by atoms with Gasteiger partial charge in [0.15, 0.2) is 5.78 Å². The molecule has 9 rings (SSSR count). The molecular formula is C48H49ClN10O9S3. The van der Waals surface area contributed by atoms with Crippen LogP contribution in [0.4, 0.5) is 0 Å². The molecule has 0 saturated carbocycles. The predicted molar refractivity (Wildman–Crippen MR) is 274 cm³/mol. The minimum atomic E-state index is -0.215. The molecule has 0 spiro atoms. The van der Waals surface area contributed by atoms with Crippen molar-refractivity contribution in [1.29, 1.82) is 0 Å². The molecule has 1 aliphatic heterocycles. The Morgan fingerprint density at radius 2 is 1.14 bits per heavy atom. The molecular weight excluding hydrogens is 992 g/mol. The first-order valence-electron chi connectivity index (χ1n) is 21.7. The van der Waals surface area contributed by atoms with E-state index in [-0.39, 0.29) is 36.4 Å². The van der Waals surface area contributed by atoms with Crippen molar-refractivity contribution in [2.75, 3.05) is 47.5 Å². The predicted octanol–water partition coefficient (Wildman–Crippen LogP) is 7.42. The van der Waals surface area contributed by atoms with Crippen LogP contribution in [0.2, 0.25) is 0 Å². The number of carbonyl (C=O) groups excluding carboxylic acids is 4. The van der Waals surface area contributed by atoms with E-state index in [2.05, 4.69) is 36.8 Å². The van der Waals surface area contributed by atoms with E-state index in [1.54, 1.807) is 46.5 Å². The number of nitrogens with one attached hydrogen (secondary N) is 1. The van der Waals surface area contributed by atoms with Crippen LogP contribution >= 0.6 is 46.8 Å². The number of ketones is 1. The lowest BCUT2D eigenvalue weighted by Crippen LogP contribution is -2.31. The van der Waals surface area contributed by atoms with E-state index in [0.29, 0.717) is 66.9 Å². The summed E-state index contributed by atoms with van der Waals surface area (Å²) in [4.78, 5) is 46.5. The van der Waals surface area contributed by atoms with Crippen molar-refractivity contribution in [2.45, 2.75) is 39.0 Å². The summed E-state index contributed by atoms with van der Waals surface area (Å²) in [6.45, 7) is 2.77. The minimum absolute atomic E-state index is 0.0236. The zero-order chi connectivity index (χ0) is 50.7. The number of ether oxygens (including phenoxy) is 5. The first kappa shape index (κ1) is 53.1. The Morgan fingerprint density at radius 3 is 1.65 bits per heavy atom. The van der Waals surface area contributed by atoms with Crippen LogP contribution in [0.1, 0.15) is 52.4 Å². The topological polar surface area (TPSA) is 245 Å². The number of rotatable bonds is 15. The Labute approximate surface area is 425 Å². The number of nitrogens with zero attached hydrogens (tertiary/aromatic N) is 8. The molecule has 3 aromatic heterocycles. The Morgan fingerprint density at radius 1 is 0.634 bits per heavy atom. The van der Waals surface area contributed by atoms with Crippen LogP contribution in [-0.2, 0) is 38.4 Å². The van der Waals surface area contributed by atoms with Crippen molar-refractivity contribution in [1.82, 2.24) is 36.7 Å². The third-order valence-corrected chi connectivity index (χ3v) is 12.2. The summed E-state index contributed by atoms with van der Waals surface area (Å²) in [6, 6.07) is 27.5. The van der Waals surface area contributed by atoms with Crippen LogP contribution in [0.15, 0.2) is 96.1 Å². The molecule has 23 heteroatoms. The maximum atomic E-state index is 12.7. The fourth-order valence-electron chi connectivity index (χ4n) is 6.81. The number of methoxy groups -OCH3 is 4. The van der Waals surface area contributed by atoms with Gasteiger partial charge in [0.1, 0.15) is 56.1 Å². The van der Waals surface area contributed by atoms with Crippen LogP contribution in [0.25, 0.3) is 33.1 Å². The molecule has 19 nitrogen and oxygen atoms in total. The maximum absolute atomic E-state index is 12.7. The zero-order valence-corrected chi connectivity index (χ0v) is 42.5. The molecule has 4 heterocycles. The number of hydrogen-bond acceptors (Lipinski definition) is 20. The molecule has 0 radical (unpaired) electrons. The van der Waals surface area contributed by atoms with E-state index >= 15 is 0 Å². The summed E-state index contributed by atoms with van der Waals surface area (Å²) in [5.41, 5.74) is 12.1. The van der Waals surface area contributed by atoms with Gasteiger partial charge in [-0.2, -0.15) is 31.3 Å². The zero-order valence-electron chi connectivity index (χ0n) is 39.2. The number of halogens is 1. The van der Waals surface area contributed by atoms with Gasteiger partial charge in [-0.05, 0) is 84.3 Å². The number of Topliss-reactive ketones (excluding diaryl/α,β-unsaturated/α-hetero) is 1. The highest BCUT2D eigenvalue weighted by molar-refractivity contribution is 7.00. The largest absolute Gasteiger partial charge is 0.497 e. The maximum Gasteiger partial charge on any atom is 0.310 e. The van der Waals surface area contributed by atoms with E-state index < -0.39 is 0 Å². The second-order valence-electron chi connectivity index (χ2n) is 15.0. The Balaban J connectivity index is 0.000000163. The van der Waals surface area contributed by atoms with Crippen molar-refractivity contribution in [3.63, 3.8) is 0 Å². The number of benzene rings is 5. The van der Waals surface area contributed by atoms with Crippen LogP contribution in [0.5, 0.6) is 23.0 Å². The van der Waals surface area contributed by atoms with E-state index in [0.717, 1.165) is 72.8 Å². The quantitative estimate of drug-likeness (QED) is 0.0253. The molecule has 370 valence electrons. The van der Waals surface area contributed by atoms with Crippen LogP contribution < -0.4 is 30.2 Å². The molecule has 2 amide bonds. The van der Waals surface area contributed by atoms with E-state index in [1.165, 1.54) is 35.6 Å². The highest BCUT2D eigenvalue weighted by atomic mass is 35.5. The number of hydrogen-bond donors (Lipinski definition) is 2. The van der Waals surface area contributed by atoms with Crippen LogP contribution in [0.3, 0.4) is 0 Å². The Hall–Kier alpha value is -7.24. The highest BCUT2D eigenvalue weighted by Crippen LogP contribution is 2.29. The highest BCUT2D eigenvalue weighted by Gasteiger charge is 2.24. The number of amides is 2. The fourth-order valence-corrected chi connectivity index (χ4v) is 8.53. The number of carbonyl (C=O) groups is 4. The van der Waals surface area contributed by atoms with E-state index in [4.69, 9.17) is 41.1 Å². The van der Waals surface area contributed by atoms with Gasteiger partial charge in [-0.1, -0.05) is 18.2 Å². The minimum Gasteiger partial charge on any atom is -0.497 e. The second-order valence-corrected chi connectivity index (χ2v) is 16.9. The molecule has 0 bridgehead atoms. The molecule has 8 aromatic rings. The third-order valence-electron chi connectivity index (χ3n) is 10.3. The number of hydrazone groups is 1. The number of alkyl halides is 1. The van der Waals surface area contributed by atoms with Crippen molar-refractivity contribution in [2.24, 2.45) is 10.9 Å². The van der Waals surface area contributed by atoms with Gasteiger partial charge >= 0.3 is 5.97 Å². The Kier molecular flexibility index (Phi) is 19.9. The molecule has 71 heavy (non-hydrogen) atoms. The average Bonchev–Trinajstić information content (AvgIpc) is 4.25.